The van der Waals surface area contributed by atoms with Gasteiger partial charge in [0.1, 0.15) is 11.5 Å². The summed E-state index contributed by atoms with van der Waals surface area (Å²) >= 11 is 1.60. The molecule has 196 valence electrons. The number of carbonyl (C=O) groups excluding carboxylic acids is 2. The number of aliphatic hydroxyl groups is 1. The lowest BCUT2D eigenvalue weighted by molar-refractivity contribution is -0.140. The summed E-state index contributed by atoms with van der Waals surface area (Å²) in [6.07, 6.45) is 3.56. The molecule has 0 radical (unpaired) electrons. The largest absolute Gasteiger partial charge is 0.393 e. The van der Waals surface area contributed by atoms with Gasteiger partial charge in [0.2, 0.25) is 5.91 Å². The van der Waals surface area contributed by atoms with Crippen molar-refractivity contribution in [1.29, 1.82) is 0 Å². The number of Topliss-reactive ketones (excluding diaryl/α,β-unsaturated/α-hetero) is 1. The molecule has 37 heavy (non-hydrogen) atoms. The molecule has 1 amide bonds. The Balaban J connectivity index is 1.59. The zero-order valence-corrected chi connectivity index (χ0v) is 22.6. The summed E-state index contributed by atoms with van der Waals surface area (Å²) in [4.78, 5) is 34.8. The Morgan fingerprint density at radius 2 is 1.92 bits per heavy atom. The molecule has 2 aromatic heterocycles. The maximum absolute atomic E-state index is 13.9. The van der Waals surface area contributed by atoms with Crippen LogP contribution in [-0.4, -0.2) is 37.9 Å². The van der Waals surface area contributed by atoms with Crippen LogP contribution >= 0.6 is 11.3 Å². The minimum absolute atomic E-state index is 0.0338. The Labute approximate surface area is 222 Å². The Kier molecular flexibility index (Phi) is 8.39. The molecular formula is C29H35N3O4S. The van der Waals surface area contributed by atoms with Crippen molar-refractivity contribution in [2.45, 2.75) is 65.0 Å². The van der Waals surface area contributed by atoms with Crippen LogP contribution in [0, 0.1) is 24.7 Å². The highest BCUT2D eigenvalue weighted by atomic mass is 32.1. The van der Waals surface area contributed by atoms with Gasteiger partial charge in [-0.3, -0.25) is 9.59 Å². The molecule has 2 heterocycles. The number of benzene rings is 1. The number of amides is 1. The van der Waals surface area contributed by atoms with E-state index in [-0.39, 0.29) is 36.5 Å². The van der Waals surface area contributed by atoms with E-state index in [2.05, 4.69) is 28.9 Å². The highest BCUT2D eigenvalue weighted by Gasteiger charge is 2.47. The normalized spacial score (nSPS) is 21.1. The minimum atomic E-state index is -0.709. The van der Waals surface area contributed by atoms with Crippen LogP contribution in [0.2, 0.25) is 0 Å². The van der Waals surface area contributed by atoms with E-state index in [1.807, 2.05) is 45.3 Å². The summed E-state index contributed by atoms with van der Waals surface area (Å²) in [5.41, 5.74) is 4.91. The summed E-state index contributed by atoms with van der Waals surface area (Å²) in [7, 11) is 0. The van der Waals surface area contributed by atoms with Crippen molar-refractivity contribution in [1.82, 2.24) is 15.0 Å². The first kappa shape index (κ1) is 26.9. The fourth-order valence-corrected chi connectivity index (χ4v) is 6.41. The molecule has 0 bridgehead atoms. The Morgan fingerprint density at radius 3 is 2.46 bits per heavy atom. The third-order valence-corrected chi connectivity index (χ3v) is 8.41. The predicted octanol–water partition coefficient (Wildman–Crippen LogP) is 5.93. The number of ketones is 1. The van der Waals surface area contributed by atoms with Gasteiger partial charge in [-0.05, 0) is 43.2 Å². The molecule has 0 saturated heterocycles. The number of thiazole rings is 1. The van der Waals surface area contributed by atoms with Gasteiger partial charge in [-0.25, -0.2) is 4.98 Å². The number of aryl methyl sites for hydroxylation is 1. The molecule has 1 N–H and O–H groups in total. The van der Waals surface area contributed by atoms with Crippen LogP contribution in [0.1, 0.15) is 69.0 Å². The molecule has 1 saturated carbocycles. The van der Waals surface area contributed by atoms with Gasteiger partial charge in [-0.1, -0.05) is 56.8 Å². The lowest BCUT2D eigenvalue weighted by Gasteiger charge is -2.33. The van der Waals surface area contributed by atoms with Gasteiger partial charge in [-0.15, -0.1) is 11.3 Å². The molecule has 2 unspecified atom stereocenters. The maximum atomic E-state index is 13.9. The van der Waals surface area contributed by atoms with Crippen molar-refractivity contribution in [3.8, 4) is 10.4 Å². The molecule has 1 aliphatic carbocycles. The van der Waals surface area contributed by atoms with E-state index in [9.17, 15) is 14.7 Å². The number of aliphatic hydroxyl groups excluding tert-OH is 1. The third-order valence-electron chi connectivity index (χ3n) is 7.43. The van der Waals surface area contributed by atoms with Gasteiger partial charge in [0, 0.05) is 18.2 Å². The molecular weight excluding hydrogens is 486 g/mol. The number of nitrogens with zero attached hydrogens (tertiary/aromatic N) is 3. The number of aromatic nitrogens is 2. The molecule has 0 aliphatic heterocycles. The molecule has 1 fully saturated rings. The van der Waals surface area contributed by atoms with E-state index in [0.717, 1.165) is 21.7 Å². The van der Waals surface area contributed by atoms with Crippen molar-refractivity contribution >= 4 is 23.0 Å². The van der Waals surface area contributed by atoms with Crippen molar-refractivity contribution in [3.63, 3.8) is 0 Å². The van der Waals surface area contributed by atoms with Crippen molar-refractivity contribution in [2.75, 3.05) is 0 Å². The van der Waals surface area contributed by atoms with Crippen LogP contribution in [0.4, 0.5) is 0 Å². The number of rotatable bonds is 10. The molecule has 1 aliphatic rings. The van der Waals surface area contributed by atoms with E-state index in [1.54, 1.807) is 28.5 Å². The van der Waals surface area contributed by atoms with E-state index in [0.29, 0.717) is 12.2 Å². The van der Waals surface area contributed by atoms with Gasteiger partial charge in [0.25, 0.3) is 0 Å². The number of hydrogen-bond acceptors (Lipinski definition) is 7. The third kappa shape index (κ3) is 5.45. The van der Waals surface area contributed by atoms with Crippen molar-refractivity contribution in [3.05, 3.63) is 71.8 Å². The van der Waals surface area contributed by atoms with Crippen LogP contribution in [0.5, 0.6) is 0 Å². The Hall–Kier alpha value is -3.10. The first-order valence-corrected chi connectivity index (χ1v) is 13.7. The second kappa shape index (κ2) is 11.5. The molecule has 5 atom stereocenters. The monoisotopic (exact) mass is 521 g/mol. The van der Waals surface area contributed by atoms with Crippen LogP contribution in [0.15, 0.2) is 59.3 Å². The van der Waals surface area contributed by atoms with E-state index < -0.39 is 23.9 Å². The lowest BCUT2D eigenvalue weighted by atomic mass is 9.78. The summed E-state index contributed by atoms with van der Waals surface area (Å²) in [5, 5.41) is 14.3. The highest BCUT2D eigenvalue weighted by molar-refractivity contribution is 7.13. The zero-order chi connectivity index (χ0) is 26.7. The molecule has 4 rings (SSSR count). The topological polar surface area (TPSA) is 96.5 Å². The zero-order valence-electron chi connectivity index (χ0n) is 21.8. The summed E-state index contributed by atoms with van der Waals surface area (Å²) in [5.74, 6) is -1.55. The average molecular weight is 522 g/mol. The highest BCUT2D eigenvalue weighted by Crippen LogP contribution is 2.41. The van der Waals surface area contributed by atoms with Gasteiger partial charge in [0.15, 0.2) is 0 Å². The quantitative estimate of drug-likeness (QED) is 0.355. The predicted molar refractivity (Wildman–Crippen MR) is 144 cm³/mol. The second-order valence-electron chi connectivity index (χ2n) is 10.1. The molecule has 1 aromatic carbocycles. The standard InChI is InChI=1S/C29H35N3O4S/c1-6-24(19-8-10-20(11-9-19)28-18(5)30-16-37-28)32(7-2)29(35)23-15-21(33)14-22(23)27(34)26(17(3)4)25-12-13-31-36-25/h7-13,16-17,21-24,26,33H,2,6,14-15H2,1,3-5H3/t21-,22?,23+,24-,26?/m0/s1. The van der Waals surface area contributed by atoms with Crippen molar-refractivity contribution < 1.29 is 19.2 Å². The first-order chi connectivity index (χ1) is 17.8. The minimum Gasteiger partial charge on any atom is -0.393 e. The number of hydrogen-bond donors (Lipinski definition) is 1. The van der Waals surface area contributed by atoms with Crippen LogP contribution in [-0.2, 0) is 9.59 Å². The molecule has 8 heteroatoms. The second-order valence-corrected chi connectivity index (χ2v) is 11.0. The SMILES string of the molecule is C=CN(C(=O)[C@@H]1C[C@@H](O)CC1C(=O)C(c1ccno1)C(C)C)[C@@H](CC)c1ccc(-c2scnc2C)cc1. The fourth-order valence-electron chi connectivity index (χ4n) is 5.60. The molecule has 0 spiro atoms. The van der Waals surface area contributed by atoms with E-state index in [4.69, 9.17) is 4.52 Å². The maximum Gasteiger partial charge on any atom is 0.231 e. The first-order valence-electron chi connectivity index (χ1n) is 12.8. The molecule has 3 aromatic rings. The smallest absolute Gasteiger partial charge is 0.231 e. The van der Waals surface area contributed by atoms with Crippen LogP contribution in [0.3, 0.4) is 0 Å². The fraction of sp³-hybridized carbons (Fsp3) is 0.448. The number of carbonyl (C=O) groups is 2. The van der Waals surface area contributed by atoms with Crippen LogP contribution < -0.4 is 0 Å². The molecule has 7 nitrogen and oxygen atoms in total. The Bertz CT molecular complexity index is 1220. The van der Waals surface area contributed by atoms with E-state index >= 15 is 0 Å². The average Bonchev–Trinajstić information content (AvgIpc) is 3.64. The van der Waals surface area contributed by atoms with Gasteiger partial charge < -0.3 is 14.5 Å². The Morgan fingerprint density at radius 1 is 1.22 bits per heavy atom. The van der Waals surface area contributed by atoms with Gasteiger partial charge in [-0.2, -0.15) is 0 Å². The van der Waals surface area contributed by atoms with Crippen molar-refractivity contribution in [2.24, 2.45) is 17.8 Å². The summed E-state index contributed by atoms with van der Waals surface area (Å²) in [6, 6.07) is 9.66. The summed E-state index contributed by atoms with van der Waals surface area (Å²) < 4.78 is 5.34. The van der Waals surface area contributed by atoms with E-state index in [1.165, 1.54) is 6.20 Å². The summed E-state index contributed by atoms with van der Waals surface area (Å²) in [6.45, 7) is 11.9. The lowest BCUT2D eigenvalue weighted by Crippen LogP contribution is -2.39. The van der Waals surface area contributed by atoms with Gasteiger partial charge >= 0.3 is 0 Å². The van der Waals surface area contributed by atoms with Gasteiger partial charge in [0.05, 0.1) is 46.3 Å². The van der Waals surface area contributed by atoms with Crippen LogP contribution in [0.25, 0.3) is 10.4 Å².